The number of ether oxygens (including phenoxy) is 1. The third-order valence-corrected chi connectivity index (χ3v) is 6.31. The molecule has 2 atom stereocenters. The lowest BCUT2D eigenvalue weighted by molar-refractivity contribution is -0.144. The van der Waals surface area contributed by atoms with Gasteiger partial charge in [-0.1, -0.05) is 0 Å². The minimum atomic E-state index is -0.373. The van der Waals surface area contributed by atoms with E-state index in [1.54, 1.807) is 18.3 Å². The highest BCUT2D eigenvalue weighted by Gasteiger charge is 2.38. The van der Waals surface area contributed by atoms with Crippen LogP contribution in [0, 0.1) is 24.1 Å². The van der Waals surface area contributed by atoms with Crippen molar-refractivity contribution in [2.45, 2.75) is 38.3 Å². The molecule has 0 amide bonds. The molecule has 6 nitrogen and oxygen atoms in total. The van der Waals surface area contributed by atoms with Crippen LogP contribution in [0.4, 0.5) is 4.39 Å². The summed E-state index contributed by atoms with van der Waals surface area (Å²) < 4.78 is 24.7. The van der Waals surface area contributed by atoms with E-state index in [9.17, 15) is 9.18 Å². The summed E-state index contributed by atoms with van der Waals surface area (Å²) in [6, 6.07) is 6.21. The van der Waals surface area contributed by atoms with Crippen LogP contribution in [0.1, 0.15) is 32.6 Å². The number of piperazine rings is 1. The molecule has 0 saturated carbocycles. The first kappa shape index (κ1) is 21.5. The molecule has 0 spiro atoms. The number of terminal acetylenes is 1. The lowest BCUT2D eigenvalue weighted by Gasteiger charge is -2.42. The van der Waals surface area contributed by atoms with E-state index in [-0.39, 0.29) is 29.3 Å². The quantitative estimate of drug-likeness (QED) is 0.523. The summed E-state index contributed by atoms with van der Waals surface area (Å²) in [5.74, 6) is 3.24. The van der Waals surface area contributed by atoms with E-state index in [0.29, 0.717) is 24.5 Å². The number of esters is 1. The second-order valence-electron chi connectivity index (χ2n) is 8.78. The standard InChI is InChI=1S/C24H28FN3O3/c1-4-5-18-14-20(30-22(18)29)16-27-10-12-28(13-11-27)24(2,3)23-26-15-21(31-23)17-6-8-19(25)9-7-17/h1,6-9,15,18,20H,5,10-14,16H2,2-3H3/t18-,20+/m1/s1. The molecule has 31 heavy (non-hydrogen) atoms. The second kappa shape index (κ2) is 8.81. The molecule has 0 aliphatic carbocycles. The average Bonchev–Trinajstić information content (AvgIpc) is 3.37. The largest absolute Gasteiger partial charge is 0.461 e. The number of aromatic nitrogens is 1. The molecule has 2 aromatic rings. The normalized spacial score (nSPS) is 23.0. The summed E-state index contributed by atoms with van der Waals surface area (Å²) in [6.07, 6.45) is 8.12. The van der Waals surface area contributed by atoms with Crippen LogP contribution in [-0.4, -0.2) is 59.6 Å². The van der Waals surface area contributed by atoms with E-state index in [2.05, 4.69) is 34.6 Å². The van der Waals surface area contributed by atoms with Crippen LogP contribution >= 0.6 is 0 Å². The Labute approximate surface area is 182 Å². The Morgan fingerprint density at radius 2 is 1.94 bits per heavy atom. The third-order valence-electron chi connectivity index (χ3n) is 6.31. The molecule has 3 heterocycles. The Balaban J connectivity index is 1.33. The fraction of sp³-hybridized carbons (Fsp3) is 0.500. The summed E-state index contributed by atoms with van der Waals surface area (Å²) in [5.41, 5.74) is 0.428. The number of hydrogen-bond donors (Lipinski definition) is 0. The van der Waals surface area contributed by atoms with Gasteiger partial charge >= 0.3 is 5.97 Å². The van der Waals surface area contributed by atoms with Crippen LogP contribution in [0.5, 0.6) is 0 Å². The van der Waals surface area contributed by atoms with Gasteiger partial charge in [-0.25, -0.2) is 9.37 Å². The minimum absolute atomic E-state index is 0.0737. The second-order valence-corrected chi connectivity index (χ2v) is 8.78. The van der Waals surface area contributed by atoms with Gasteiger partial charge in [-0.15, -0.1) is 12.3 Å². The lowest BCUT2D eigenvalue weighted by atomic mass is 10.0. The molecule has 2 fully saturated rings. The molecule has 4 rings (SSSR count). The van der Waals surface area contributed by atoms with Crippen LogP contribution in [-0.2, 0) is 15.1 Å². The Hall–Kier alpha value is -2.69. The number of cyclic esters (lactones) is 1. The molecule has 7 heteroatoms. The summed E-state index contributed by atoms with van der Waals surface area (Å²) in [5, 5.41) is 0. The first-order valence-electron chi connectivity index (χ1n) is 10.7. The van der Waals surface area contributed by atoms with Crippen molar-refractivity contribution in [2.75, 3.05) is 32.7 Å². The molecule has 0 N–H and O–H groups in total. The van der Waals surface area contributed by atoms with Crippen molar-refractivity contribution in [1.82, 2.24) is 14.8 Å². The van der Waals surface area contributed by atoms with E-state index in [1.807, 2.05) is 0 Å². The van der Waals surface area contributed by atoms with Gasteiger partial charge in [0.1, 0.15) is 11.9 Å². The third kappa shape index (κ3) is 4.65. The topological polar surface area (TPSA) is 58.8 Å². The molecular formula is C24H28FN3O3. The molecule has 2 aliphatic rings. The number of rotatable bonds is 6. The van der Waals surface area contributed by atoms with Crippen LogP contribution in [0.3, 0.4) is 0 Å². The molecule has 0 unspecified atom stereocenters. The van der Waals surface area contributed by atoms with Gasteiger partial charge < -0.3 is 9.15 Å². The van der Waals surface area contributed by atoms with Crippen LogP contribution in [0.2, 0.25) is 0 Å². The molecule has 1 aromatic carbocycles. The van der Waals surface area contributed by atoms with Crippen molar-refractivity contribution in [1.29, 1.82) is 0 Å². The van der Waals surface area contributed by atoms with Crippen LogP contribution in [0.25, 0.3) is 11.3 Å². The minimum Gasteiger partial charge on any atom is -0.461 e. The highest BCUT2D eigenvalue weighted by molar-refractivity contribution is 5.75. The van der Waals surface area contributed by atoms with Crippen molar-refractivity contribution in [3.05, 3.63) is 42.2 Å². The fourth-order valence-electron chi connectivity index (χ4n) is 4.36. The van der Waals surface area contributed by atoms with Gasteiger partial charge in [-0.3, -0.25) is 14.6 Å². The van der Waals surface area contributed by atoms with E-state index in [4.69, 9.17) is 15.6 Å². The number of hydrogen-bond acceptors (Lipinski definition) is 6. The summed E-state index contributed by atoms with van der Waals surface area (Å²) in [6.45, 7) is 8.42. The monoisotopic (exact) mass is 425 g/mol. The highest BCUT2D eigenvalue weighted by atomic mass is 19.1. The Morgan fingerprint density at radius 1 is 1.23 bits per heavy atom. The molecule has 1 aromatic heterocycles. The maximum Gasteiger partial charge on any atom is 0.310 e. The lowest BCUT2D eigenvalue weighted by Crippen LogP contribution is -2.54. The van der Waals surface area contributed by atoms with Gasteiger partial charge in [-0.05, 0) is 44.5 Å². The zero-order valence-electron chi connectivity index (χ0n) is 18.0. The Bertz CT molecular complexity index is 955. The van der Waals surface area contributed by atoms with Crippen LogP contribution < -0.4 is 0 Å². The SMILES string of the molecule is C#CC[C@@H]1C[C@@H](CN2CCN(C(C)(C)c3ncc(-c4ccc(F)cc4)o3)CC2)OC1=O. The number of halogens is 1. The number of carbonyl (C=O) groups excluding carboxylic acids is 1. The van der Waals surface area contributed by atoms with Gasteiger partial charge in [0.25, 0.3) is 0 Å². The molecule has 164 valence electrons. The van der Waals surface area contributed by atoms with E-state index in [1.165, 1.54) is 12.1 Å². The van der Waals surface area contributed by atoms with Crippen molar-refractivity contribution in [2.24, 2.45) is 5.92 Å². The zero-order valence-corrected chi connectivity index (χ0v) is 18.0. The Kier molecular flexibility index (Phi) is 6.12. The summed E-state index contributed by atoms with van der Waals surface area (Å²) >= 11 is 0. The van der Waals surface area contributed by atoms with E-state index < -0.39 is 0 Å². The number of oxazole rings is 1. The molecule has 2 saturated heterocycles. The first-order chi connectivity index (χ1) is 14.9. The molecule has 0 radical (unpaired) electrons. The molecule has 2 aliphatic heterocycles. The number of carbonyl (C=O) groups is 1. The van der Waals surface area contributed by atoms with Gasteiger partial charge in [0.05, 0.1) is 17.7 Å². The van der Waals surface area contributed by atoms with Crippen LogP contribution in [0.15, 0.2) is 34.9 Å². The number of nitrogens with zero attached hydrogens (tertiary/aromatic N) is 3. The molecule has 0 bridgehead atoms. The predicted octanol–water partition coefficient (Wildman–Crippen LogP) is 3.29. The summed E-state index contributed by atoms with van der Waals surface area (Å²) in [7, 11) is 0. The fourth-order valence-corrected chi connectivity index (χ4v) is 4.36. The highest BCUT2D eigenvalue weighted by Crippen LogP contribution is 2.32. The van der Waals surface area contributed by atoms with Crippen molar-refractivity contribution < 1.29 is 18.3 Å². The maximum absolute atomic E-state index is 13.2. The van der Waals surface area contributed by atoms with Gasteiger partial charge in [0, 0.05) is 44.7 Å². The first-order valence-corrected chi connectivity index (χ1v) is 10.7. The average molecular weight is 426 g/mol. The summed E-state index contributed by atoms with van der Waals surface area (Å²) in [4.78, 5) is 21.1. The van der Waals surface area contributed by atoms with E-state index >= 15 is 0 Å². The van der Waals surface area contributed by atoms with Gasteiger partial charge in [0.15, 0.2) is 5.76 Å². The van der Waals surface area contributed by atoms with Gasteiger partial charge in [0.2, 0.25) is 5.89 Å². The molecular weight excluding hydrogens is 397 g/mol. The van der Waals surface area contributed by atoms with E-state index in [0.717, 1.165) is 38.3 Å². The van der Waals surface area contributed by atoms with Gasteiger partial charge in [-0.2, -0.15) is 0 Å². The maximum atomic E-state index is 13.2. The van der Waals surface area contributed by atoms with Crippen molar-refractivity contribution in [3.63, 3.8) is 0 Å². The zero-order chi connectivity index (χ0) is 22.0. The number of benzene rings is 1. The van der Waals surface area contributed by atoms with Crippen molar-refractivity contribution >= 4 is 5.97 Å². The Morgan fingerprint density at radius 3 is 2.61 bits per heavy atom. The predicted molar refractivity (Wildman–Crippen MR) is 114 cm³/mol. The van der Waals surface area contributed by atoms with Crippen molar-refractivity contribution in [3.8, 4) is 23.7 Å². The smallest absolute Gasteiger partial charge is 0.310 e.